The summed E-state index contributed by atoms with van der Waals surface area (Å²) in [5.41, 5.74) is 2.77. The molecule has 12 aromatic rings. The molecule has 16 rings (SSSR count). The van der Waals surface area contributed by atoms with E-state index in [0.717, 1.165) is 43.9 Å². The quantitative estimate of drug-likeness (QED) is 0.0143. The van der Waals surface area contributed by atoms with E-state index in [1.54, 1.807) is 121 Å². The first-order valence-corrected chi connectivity index (χ1v) is 40.7. The Morgan fingerprint density at radius 2 is 0.380 bits per heavy atom. The zero-order valence-electron chi connectivity index (χ0n) is 68.0. The number of amides is 8. The Morgan fingerprint density at radius 3 is 0.543 bits per heavy atom. The molecule has 8 amide bonds. The molecule has 0 saturated heterocycles. The molecular formula is C101H72N4O24. The van der Waals surface area contributed by atoms with Crippen LogP contribution in [0.5, 0.6) is 0 Å². The van der Waals surface area contributed by atoms with Gasteiger partial charge in [0.2, 0.25) is 0 Å². The fraction of sp³-hybridized carbons (Fsp3) is 0.129. The number of carboxylic acids is 8. The minimum Gasteiger partial charge on any atom is -0.478 e. The molecule has 640 valence electrons. The van der Waals surface area contributed by atoms with Crippen LogP contribution in [0.15, 0.2) is 218 Å². The van der Waals surface area contributed by atoms with Crippen LogP contribution in [-0.2, 0) is 19.2 Å². The first kappa shape index (κ1) is 85.5. The van der Waals surface area contributed by atoms with Crippen molar-refractivity contribution in [2.75, 3.05) is 26.2 Å². The highest BCUT2D eigenvalue weighted by atomic mass is 16.4. The Labute approximate surface area is 730 Å². The van der Waals surface area contributed by atoms with Crippen molar-refractivity contribution in [3.05, 3.63) is 307 Å². The summed E-state index contributed by atoms with van der Waals surface area (Å²) in [5.74, 6) is -16.7. The summed E-state index contributed by atoms with van der Waals surface area (Å²) >= 11 is 0. The predicted octanol–water partition coefficient (Wildman–Crippen LogP) is 16.7. The Bertz CT molecular complexity index is 6200. The third-order valence-corrected chi connectivity index (χ3v) is 24.3. The molecule has 28 heteroatoms. The van der Waals surface area contributed by atoms with Crippen molar-refractivity contribution in [2.45, 2.75) is 51.4 Å². The molecule has 4 aliphatic heterocycles. The van der Waals surface area contributed by atoms with E-state index in [4.69, 9.17) is 0 Å². The number of aromatic carboxylic acids is 4. The maximum Gasteiger partial charge on any atom is 0.336 e. The Hall–Kier alpha value is -17.0. The van der Waals surface area contributed by atoms with Crippen LogP contribution in [0.3, 0.4) is 0 Å². The van der Waals surface area contributed by atoms with Gasteiger partial charge in [-0.2, -0.15) is 0 Å². The van der Waals surface area contributed by atoms with Crippen molar-refractivity contribution in [2.24, 2.45) is 5.41 Å². The molecule has 0 unspecified atom stereocenters. The van der Waals surface area contributed by atoms with Gasteiger partial charge in [0.1, 0.15) is 0 Å². The SMILES string of the molecule is O=C(O)C=Cc1ccc(-c2ccc3c4c(ccc(C(=O)O)c24)C(=O)N(CCCC(CCCN2C(=O)c4ccc(C(=O)O)c5c(-c6ccc(C=CC(=O)O)cc6)ccc(c45)C2=O)(CCCN2C(=O)c4ccc(C(=O)O)c5c(-c6ccc(C=CC(=O)O)cc6)ccc(c45)C2=O)CCCN2C(=O)c4ccc(C(=O)O)c5c(-c6ccc(C=CC(=O)O)cc6)ccc(c45)C2=O)C3=O)cc1. The standard InChI is InChI=1S/C101H72N4O24/c106-77(107)41-13-53-5-17-57(18-6-53)61-25-29-65-85-69(33-37-73(81(61)85)97(122)123)93(118)102(89(65)114)49-1-45-101(46-2-50-103-90(115)66-30-26-62(58-19-7-54(8-20-58)14-42-78(108)109)82-74(98(124)125)38-34-70(86(66)82)94(103)119,47-3-51-104-91(116)67-31-27-63(59-21-9-55(10-22-59)15-43-79(110)111)83-75(99(126)127)39-35-71(87(67)83)95(104)120)48-4-52-105-92(117)68-32-28-64(60-23-11-56(12-24-60)16-44-80(112)113)84-76(100(128)129)40-36-72(88(68)84)96(105)121/h5-44H,1-4,45-52H2,(H,106,107)(H,108,109)(H,110,111)(H,112,113)(H,122,123)(H,124,125)(H,126,127)(H,128,129). The van der Waals surface area contributed by atoms with E-state index in [2.05, 4.69) is 0 Å². The molecule has 4 aliphatic rings. The Kier molecular flexibility index (Phi) is 22.9. The van der Waals surface area contributed by atoms with Crippen molar-refractivity contribution < 1.29 is 118 Å². The number of rotatable bonds is 32. The summed E-state index contributed by atoms with van der Waals surface area (Å²) in [4.78, 5) is 225. The number of benzene rings is 12. The second-order valence-corrected chi connectivity index (χ2v) is 31.6. The van der Waals surface area contributed by atoms with Gasteiger partial charge in [-0.05, 0) is 221 Å². The fourth-order valence-electron chi connectivity index (χ4n) is 18.4. The number of hydrogen-bond donors (Lipinski definition) is 8. The van der Waals surface area contributed by atoms with E-state index in [9.17, 15) is 79.2 Å². The molecule has 0 spiro atoms. The summed E-state index contributed by atoms with van der Waals surface area (Å²) in [6.45, 7) is -1.29. The third kappa shape index (κ3) is 16.0. The summed E-state index contributed by atoms with van der Waals surface area (Å²) in [7, 11) is 0. The van der Waals surface area contributed by atoms with Gasteiger partial charge in [-0.25, -0.2) is 38.4 Å². The molecule has 4 heterocycles. The maximum atomic E-state index is 15.3. The molecule has 8 N–H and O–H groups in total. The Morgan fingerprint density at radius 1 is 0.217 bits per heavy atom. The van der Waals surface area contributed by atoms with E-state index in [1.165, 1.54) is 97.1 Å². The number of nitrogens with zero attached hydrogens (tertiary/aromatic N) is 4. The van der Waals surface area contributed by atoms with Crippen molar-refractivity contribution >= 4 is 162 Å². The van der Waals surface area contributed by atoms with Crippen LogP contribution < -0.4 is 0 Å². The van der Waals surface area contributed by atoms with E-state index >= 15 is 38.4 Å². The van der Waals surface area contributed by atoms with Crippen molar-refractivity contribution in [1.29, 1.82) is 0 Å². The highest BCUT2D eigenvalue weighted by Crippen LogP contribution is 2.48. The first-order chi connectivity index (χ1) is 61.9. The van der Waals surface area contributed by atoms with Crippen molar-refractivity contribution in [3.63, 3.8) is 0 Å². The summed E-state index contributed by atoms with van der Waals surface area (Å²) < 4.78 is 0. The summed E-state index contributed by atoms with van der Waals surface area (Å²) in [6, 6.07) is 48.2. The lowest BCUT2D eigenvalue weighted by Gasteiger charge is -2.38. The van der Waals surface area contributed by atoms with Gasteiger partial charge in [-0.1, -0.05) is 121 Å². The van der Waals surface area contributed by atoms with E-state index in [1.807, 2.05) is 0 Å². The number of carboxylic acid groups (broad SMARTS) is 8. The summed E-state index contributed by atoms with van der Waals surface area (Å²) in [5, 5.41) is 80.5. The predicted molar refractivity (Wildman–Crippen MR) is 473 cm³/mol. The van der Waals surface area contributed by atoms with Crippen LogP contribution in [-0.4, -0.2) is 182 Å². The van der Waals surface area contributed by atoms with Crippen molar-refractivity contribution in [1.82, 2.24) is 19.6 Å². The lowest BCUT2D eigenvalue weighted by atomic mass is 9.71. The average molecular weight is 1730 g/mol. The van der Waals surface area contributed by atoms with Gasteiger partial charge in [0.25, 0.3) is 47.3 Å². The Balaban J connectivity index is 0.768. The minimum atomic E-state index is -1.38. The molecule has 28 nitrogen and oxygen atoms in total. The highest BCUT2D eigenvalue weighted by molar-refractivity contribution is 6.33. The number of carbonyl (C=O) groups excluding carboxylic acids is 8. The van der Waals surface area contributed by atoms with Gasteiger partial charge >= 0.3 is 47.8 Å². The van der Waals surface area contributed by atoms with Crippen LogP contribution in [0.4, 0.5) is 0 Å². The lowest BCUT2D eigenvalue weighted by molar-refractivity contribution is -0.132. The van der Waals surface area contributed by atoms with Gasteiger partial charge in [0.05, 0.1) is 22.3 Å². The van der Waals surface area contributed by atoms with Crippen LogP contribution in [0, 0.1) is 5.41 Å². The lowest BCUT2D eigenvalue weighted by Crippen LogP contribution is -2.43. The van der Waals surface area contributed by atoms with Crippen LogP contribution >= 0.6 is 0 Å². The van der Waals surface area contributed by atoms with Gasteiger partial charge in [-0.3, -0.25) is 58.0 Å². The molecule has 0 aromatic heterocycles. The first-order valence-electron chi connectivity index (χ1n) is 40.7. The summed E-state index contributed by atoms with van der Waals surface area (Å²) in [6.07, 6.45) is 9.11. The zero-order chi connectivity index (χ0) is 91.3. The third-order valence-electron chi connectivity index (χ3n) is 24.3. The molecule has 0 saturated carbocycles. The van der Waals surface area contributed by atoms with Gasteiger partial charge < -0.3 is 40.9 Å². The van der Waals surface area contributed by atoms with Crippen molar-refractivity contribution in [3.8, 4) is 44.5 Å². The molecule has 0 atom stereocenters. The molecule has 129 heavy (non-hydrogen) atoms. The van der Waals surface area contributed by atoms with E-state index in [-0.39, 0.29) is 187 Å². The van der Waals surface area contributed by atoms with E-state index in [0.29, 0.717) is 66.8 Å². The molecule has 12 aromatic carbocycles. The number of carbonyl (C=O) groups is 16. The fourth-order valence-corrected chi connectivity index (χ4v) is 18.4. The van der Waals surface area contributed by atoms with Crippen LogP contribution in [0.25, 0.3) is 112 Å². The van der Waals surface area contributed by atoms with E-state index < -0.39 is 100 Å². The topological polar surface area (TPSA) is 448 Å². The van der Waals surface area contributed by atoms with Gasteiger partial charge in [0, 0.05) is 138 Å². The van der Waals surface area contributed by atoms with Crippen LogP contribution in [0.2, 0.25) is 0 Å². The second-order valence-electron chi connectivity index (χ2n) is 31.6. The van der Waals surface area contributed by atoms with Gasteiger partial charge in [-0.15, -0.1) is 0 Å². The molecule has 0 fully saturated rings. The molecule has 0 bridgehead atoms. The molecule has 0 radical (unpaired) electrons. The largest absolute Gasteiger partial charge is 0.478 e. The van der Waals surface area contributed by atoms with Gasteiger partial charge in [0.15, 0.2) is 0 Å². The number of hydrogen-bond acceptors (Lipinski definition) is 16. The minimum absolute atomic E-state index is 0.0195. The highest BCUT2D eigenvalue weighted by Gasteiger charge is 2.43. The average Bonchev–Trinajstić information content (AvgIpc) is 0.739. The molecular weight excluding hydrogens is 1650 g/mol. The maximum absolute atomic E-state index is 15.3. The van der Waals surface area contributed by atoms with Crippen LogP contribution in [0.1, 0.15) is 198 Å². The normalized spacial score (nSPS) is 14.1. The molecule has 0 aliphatic carbocycles. The number of imide groups is 4. The monoisotopic (exact) mass is 1720 g/mol. The zero-order valence-corrected chi connectivity index (χ0v) is 68.0. The second kappa shape index (κ2) is 34.6. The number of aliphatic carboxylic acids is 4. The smallest absolute Gasteiger partial charge is 0.336 e.